The third kappa shape index (κ3) is 3.41. The van der Waals surface area contributed by atoms with E-state index in [0.717, 1.165) is 44.6 Å². The second-order valence-electron chi connectivity index (χ2n) is 11.3. The molecule has 7 heteroatoms. The first-order valence-corrected chi connectivity index (χ1v) is 12.4. The summed E-state index contributed by atoms with van der Waals surface area (Å²) < 4.78 is 40.4. The van der Waals surface area contributed by atoms with Crippen molar-refractivity contribution in [3.63, 3.8) is 0 Å². The molecule has 4 nitrogen and oxygen atoms in total. The van der Waals surface area contributed by atoms with Gasteiger partial charge in [-0.25, -0.2) is 0 Å². The maximum atomic E-state index is 13.5. The molecule has 184 valence electrons. The monoisotopic (exact) mass is 474 g/mol. The number of fused-ring (bicyclic) bond motifs is 5. The Kier molecular flexibility index (Phi) is 5.41. The molecule has 34 heavy (non-hydrogen) atoms. The lowest BCUT2D eigenvalue weighted by Crippen LogP contribution is -2.55. The molecule has 5 rings (SSSR count). The average molecular weight is 475 g/mol. The summed E-state index contributed by atoms with van der Waals surface area (Å²) in [4.78, 5) is 27.2. The molecule has 1 aliphatic heterocycles. The van der Waals surface area contributed by atoms with Gasteiger partial charge in [-0.15, -0.1) is 0 Å². The van der Waals surface area contributed by atoms with Gasteiger partial charge in [-0.1, -0.05) is 32.1 Å². The summed E-state index contributed by atoms with van der Waals surface area (Å²) in [6.07, 6.45) is 3.77. The maximum Gasteiger partial charge on any atom is 0.417 e. The molecule has 2 saturated carbocycles. The first-order valence-electron chi connectivity index (χ1n) is 12.4. The van der Waals surface area contributed by atoms with Crippen molar-refractivity contribution in [2.75, 3.05) is 7.05 Å². The summed E-state index contributed by atoms with van der Waals surface area (Å²) >= 11 is 0. The first kappa shape index (κ1) is 23.4. The minimum atomic E-state index is -4.57. The van der Waals surface area contributed by atoms with Crippen LogP contribution in [0.4, 0.5) is 13.2 Å². The van der Waals surface area contributed by atoms with Crippen molar-refractivity contribution in [2.45, 2.75) is 71.0 Å². The number of carbonyl (C=O) groups is 2. The Bertz CT molecular complexity index is 1050. The molecule has 0 radical (unpaired) electrons. The van der Waals surface area contributed by atoms with Gasteiger partial charge in [-0.05, 0) is 73.8 Å². The van der Waals surface area contributed by atoms with Gasteiger partial charge in [0.2, 0.25) is 5.91 Å². The standard InChI is InChI=1S/C27H33F3N2O2/c1-25-14-12-19-16(8-11-22-26(19,2)15-13-23(33)32(22)3)18(25)9-10-21(25)31-24(34)17-6-4-5-7-20(17)27(28,29)30/h4-7,11,16,18-19,21H,8-10,12-15H2,1-3H3,(H,31,34)/t16-,18-,19+,21?,25-,26+/m0/s1. The summed E-state index contributed by atoms with van der Waals surface area (Å²) in [7, 11) is 1.89. The predicted octanol–water partition coefficient (Wildman–Crippen LogP) is 5.79. The highest BCUT2D eigenvalue weighted by Gasteiger charge is 2.59. The fourth-order valence-corrected chi connectivity index (χ4v) is 7.98. The molecule has 0 aromatic heterocycles. The number of alkyl halides is 3. The number of nitrogens with zero attached hydrogens (tertiary/aromatic N) is 1. The molecule has 3 aliphatic carbocycles. The summed E-state index contributed by atoms with van der Waals surface area (Å²) in [6.45, 7) is 4.53. The van der Waals surface area contributed by atoms with Crippen LogP contribution in [0.5, 0.6) is 0 Å². The van der Waals surface area contributed by atoms with Crippen molar-refractivity contribution in [3.05, 3.63) is 47.2 Å². The third-order valence-electron chi connectivity index (χ3n) is 9.80. The molecule has 1 heterocycles. The molecular formula is C27H33F3N2O2. The molecular weight excluding hydrogens is 441 g/mol. The van der Waals surface area contributed by atoms with Crippen LogP contribution in [0.3, 0.4) is 0 Å². The Hall–Kier alpha value is -2.31. The lowest BCUT2D eigenvalue weighted by Gasteiger charge is -2.58. The SMILES string of the molecule is CN1C(=O)CC[C@@]2(C)C1=CC[C@@H]1[C@H]2CC[C@]2(C)C(NC(=O)c3ccccc3C(F)(F)F)CC[C@@H]12. The summed E-state index contributed by atoms with van der Waals surface area (Å²) in [5.74, 6) is 0.921. The fourth-order valence-electron chi connectivity index (χ4n) is 7.98. The van der Waals surface area contributed by atoms with Crippen LogP contribution in [0.2, 0.25) is 0 Å². The zero-order chi connectivity index (χ0) is 24.5. The van der Waals surface area contributed by atoms with Crippen molar-refractivity contribution in [2.24, 2.45) is 28.6 Å². The van der Waals surface area contributed by atoms with Crippen LogP contribution in [0.1, 0.15) is 74.7 Å². The van der Waals surface area contributed by atoms with Gasteiger partial charge in [0.1, 0.15) is 0 Å². The molecule has 1 aromatic rings. The van der Waals surface area contributed by atoms with Crippen LogP contribution < -0.4 is 5.32 Å². The van der Waals surface area contributed by atoms with Gasteiger partial charge in [0.15, 0.2) is 0 Å². The number of halogens is 3. The molecule has 6 atom stereocenters. The third-order valence-corrected chi connectivity index (χ3v) is 9.80. The summed E-state index contributed by atoms with van der Waals surface area (Å²) in [5.41, 5.74) is -0.171. The van der Waals surface area contributed by atoms with Crippen molar-refractivity contribution in [1.29, 1.82) is 0 Å². The molecule has 3 fully saturated rings. The highest BCUT2D eigenvalue weighted by molar-refractivity contribution is 5.96. The Morgan fingerprint density at radius 2 is 1.82 bits per heavy atom. The number of allylic oxidation sites excluding steroid dienone is 2. The minimum absolute atomic E-state index is 0.0140. The number of nitrogens with one attached hydrogen (secondary N) is 1. The van der Waals surface area contributed by atoms with E-state index in [1.807, 2.05) is 11.9 Å². The molecule has 2 amide bonds. The van der Waals surface area contributed by atoms with Crippen LogP contribution in [-0.4, -0.2) is 29.8 Å². The van der Waals surface area contributed by atoms with Crippen molar-refractivity contribution in [3.8, 4) is 0 Å². The van der Waals surface area contributed by atoms with E-state index >= 15 is 0 Å². The number of carbonyl (C=O) groups excluding carboxylic acids is 2. The predicted molar refractivity (Wildman–Crippen MR) is 123 cm³/mol. The van der Waals surface area contributed by atoms with E-state index in [1.54, 1.807) is 0 Å². The zero-order valence-electron chi connectivity index (χ0n) is 20.0. The van der Waals surface area contributed by atoms with Gasteiger partial charge in [0.05, 0.1) is 11.1 Å². The van der Waals surface area contributed by atoms with E-state index in [9.17, 15) is 22.8 Å². The second kappa shape index (κ2) is 7.85. The number of likely N-dealkylation sites (tertiary alicyclic amines) is 1. The Morgan fingerprint density at radius 3 is 2.56 bits per heavy atom. The Balaban J connectivity index is 1.38. The van der Waals surface area contributed by atoms with Crippen molar-refractivity contribution < 1.29 is 22.8 Å². The minimum Gasteiger partial charge on any atom is -0.349 e. The number of amides is 2. The number of piperidine rings is 1. The largest absolute Gasteiger partial charge is 0.417 e. The average Bonchev–Trinajstić information content (AvgIpc) is 3.12. The van der Waals surface area contributed by atoms with Gasteiger partial charge in [0, 0.05) is 30.6 Å². The summed E-state index contributed by atoms with van der Waals surface area (Å²) in [5, 5.41) is 3.01. The van der Waals surface area contributed by atoms with Crippen molar-refractivity contribution in [1.82, 2.24) is 10.2 Å². The lowest BCUT2D eigenvalue weighted by atomic mass is 9.49. The van der Waals surface area contributed by atoms with E-state index in [0.29, 0.717) is 24.2 Å². The maximum absolute atomic E-state index is 13.5. The topological polar surface area (TPSA) is 49.4 Å². The zero-order valence-corrected chi connectivity index (χ0v) is 20.0. The van der Waals surface area contributed by atoms with Crippen LogP contribution in [0, 0.1) is 28.6 Å². The lowest BCUT2D eigenvalue weighted by molar-refractivity contribution is -0.138. The fraction of sp³-hybridized carbons (Fsp3) is 0.630. The summed E-state index contributed by atoms with van der Waals surface area (Å²) in [6, 6.07) is 4.89. The second-order valence-corrected chi connectivity index (χ2v) is 11.3. The molecule has 0 bridgehead atoms. The quantitative estimate of drug-likeness (QED) is 0.590. The normalized spacial score (nSPS) is 37.4. The van der Waals surface area contributed by atoms with Crippen molar-refractivity contribution >= 4 is 11.8 Å². The van der Waals surface area contributed by atoms with E-state index in [2.05, 4.69) is 25.2 Å². The highest BCUT2D eigenvalue weighted by Crippen LogP contribution is 2.64. The molecule has 0 spiro atoms. The molecule has 1 unspecified atom stereocenters. The van der Waals surface area contributed by atoms with Gasteiger partial charge >= 0.3 is 6.18 Å². The smallest absolute Gasteiger partial charge is 0.349 e. The van der Waals surface area contributed by atoms with E-state index in [-0.39, 0.29) is 28.3 Å². The van der Waals surface area contributed by atoms with Crippen LogP contribution in [-0.2, 0) is 11.0 Å². The Labute approximate surface area is 199 Å². The number of benzene rings is 1. The van der Waals surface area contributed by atoms with Gasteiger partial charge < -0.3 is 10.2 Å². The van der Waals surface area contributed by atoms with Gasteiger partial charge in [-0.2, -0.15) is 13.2 Å². The molecule has 1 N–H and O–H groups in total. The number of hydrogen-bond acceptors (Lipinski definition) is 2. The molecule has 1 saturated heterocycles. The van der Waals surface area contributed by atoms with Gasteiger partial charge in [0.25, 0.3) is 5.91 Å². The Morgan fingerprint density at radius 1 is 1.09 bits per heavy atom. The van der Waals surface area contributed by atoms with E-state index in [4.69, 9.17) is 0 Å². The van der Waals surface area contributed by atoms with Crippen LogP contribution in [0.15, 0.2) is 36.0 Å². The van der Waals surface area contributed by atoms with Crippen LogP contribution >= 0.6 is 0 Å². The van der Waals surface area contributed by atoms with Gasteiger partial charge in [-0.3, -0.25) is 9.59 Å². The van der Waals surface area contributed by atoms with E-state index < -0.39 is 17.6 Å². The highest BCUT2D eigenvalue weighted by atomic mass is 19.4. The van der Waals surface area contributed by atoms with Crippen LogP contribution in [0.25, 0.3) is 0 Å². The number of hydrogen-bond donors (Lipinski definition) is 1. The number of rotatable bonds is 2. The molecule has 1 aromatic carbocycles. The first-order chi connectivity index (χ1) is 16.0. The van der Waals surface area contributed by atoms with E-state index in [1.165, 1.54) is 23.9 Å². The molecule has 4 aliphatic rings.